The Balaban J connectivity index is 1.62. The second kappa shape index (κ2) is 9.29. The molecular weight excluding hydrogens is 472 g/mol. The van der Waals surface area contributed by atoms with Gasteiger partial charge in [-0.3, -0.25) is 9.59 Å². The number of ether oxygens (including phenoxy) is 2. The summed E-state index contributed by atoms with van der Waals surface area (Å²) in [6.07, 6.45) is 0. The van der Waals surface area contributed by atoms with Crippen molar-refractivity contribution in [2.75, 3.05) is 0 Å². The van der Waals surface area contributed by atoms with Gasteiger partial charge in [-0.05, 0) is 35.1 Å². The van der Waals surface area contributed by atoms with Crippen LogP contribution in [0, 0.1) is 0 Å². The number of carbonyl (C=O) groups excluding carboxylic acids is 2. The molecule has 4 heteroatoms. The van der Waals surface area contributed by atoms with Crippen LogP contribution in [-0.4, -0.2) is 11.6 Å². The average molecular weight is 505 g/mol. The minimum absolute atomic E-state index is 0.167. The van der Waals surface area contributed by atoms with Crippen LogP contribution in [0.2, 0.25) is 0 Å². The Morgan fingerprint density at radius 1 is 0.447 bits per heavy atom. The van der Waals surface area contributed by atoms with E-state index in [1.807, 2.05) is 48.5 Å². The van der Waals surface area contributed by atoms with Crippen molar-refractivity contribution in [3.8, 4) is 23.0 Å². The molecule has 0 heterocycles. The first-order valence-electron chi connectivity index (χ1n) is 12.9. The van der Waals surface area contributed by atoms with Crippen LogP contribution < -0.4 is 9.47 Å². The first-order valence-corrected chi connectivity index (χ1v) is 12.9. The molecule has 0 spiro atoms. The molecule has 4 aromatic rings. The number of hydrogen-bond acceptors (Lipinski definition) is 4. The molecule has 0 radical (unpaired) electrons. The maximum absolute atomic E-state index is 14.1. The zero-order chi connectivity index (χ0) is 27.2. The first kappa shape index (κ1) is 25.5. The number of para-hydroxylation sites is 2. The molecule has 0 saturated carbocycles. The lowest BCUT2D eigenvalue weighted by molar-refractivity contribution is 0.0975. The monoisotopic (exact) mass is 504 g/mol. The molecule has 0 aliphatic heterocycles. The van der Waals surface area contributed by atoms with Gasteiger partial charge in [-0.25, -0.2) is 0 Å². The SMILES string of the molecule is CC(C)(C)c1ccccc1Oc1cccc2c1C(=O)c1c(Oc3ccccc3C(C)(C)C)cccc1C2=O. The van der Waals surface area contributed by atoms with Crippen LogP contribution in [-0.2, 0) is 10.8 Å². The summed E-state index contributed by atoms with van der Waals surface area (Å²) in [5.74, 6) is 1.51. The molecule has 0 saturated heterocycles. The zero-order valence-electron chi connectivity index (χ0n) is 22.7. The van der Waals surface area contributed by atoms with Crippen LogP contribution in [0.25, 0.3) is 0 Å². The molecule has 0 atom stereocenters. The molecule has 4 aromatic carbocycles. The second-order valence-corrected chi connectivity index (χ2v) is 11.7. The third-order valence-electron chi connectivity index (χ3n) is 6.83. The molecule has 0 aromatic heterocycles. The van der Waals surface area contributed by atoms with Gasteiger partial charge in [0.2, 0.25) is 5.78 Å². The van der Waals surface area contributed by atoms with Crippen molar-refractivity contribution in [3.05, 3.63) is 118 Å². The van der Waals surface area contributed by atoms with Crippen molar-refractivity contribution in [1.29, 1.82) is 0 Å². The number of carbonyl (C=O) groups is 2. The predicted octanol–water partition coefficient (Wildman–Crippen LogP) is 8.64. The van der Waals surface area contributed by atoms with E-state index >= 15 is 0 Å². The van der Waals surface area contributed by atoms with E-state index in [9.17, 15) is 9.59 Å². The summed E-state index contributed by atoms with van der Waals surface area (Å²) in [5, 5.41) is 0. The molecule has 5 rings (SSSR count). The Morgan fingerprint density at radius 3 is 1.21 bits per heavy atom. The number of benzene rings is 4. The Hall–Kier alpha value is -4.18. The molecule has 0 unspecified atom stereocenters. The third kappa shape index (κ3) is 4.51. The molecule has 38 heavy (non-hydrogen) atoms. The second-order valence-electron chi connectivity index (χ2n) is 11.7. The Morgan fingerprint density at radius 2 is 0.816 bits per heavy atom. The Labute approximate surface area is 224 Å². The lowest BCUT2D eigenvalue weighted by Crippen LogP contribution is -2.22. The van der Waals surface area contributed by atoms with E-state index in [-0.39, 0.29) is 33.5 Å². The minimum Gasteiger partial charge on any atom is -0.456 e. The van der Waals surface area contributed by atoms with E-state index in [4.69, 9.17) is 9.47 Å². The molecule has 0 N–H and O–H groups in total. The van der Waals surface area contributed by atoms with Gasteiger partial charge in [0, 0.05) is 22.3 Å². The first-order chi connectivity index (χ1) is 18.0. The van der Waals surface area contributed by atoms with Gasteiger partial charge in [0.1, 0.15) is 23.0 Å². The van der Waals surface area contributed by atoms with Crippen LogP contribution in [0.3, 0.4) is 0 Å². The number of hydrogen-bond donors (Lipinski definition) is 0. The van der Waals surface area contributed by atoms with Crippen molar-refractivity contribution in [1.82, 2.24) is 0 Å². The summed E-state index contributed by atoms with van der Waals surface area (Å²) in [5.41, 5.74) is 2.87. The topological polar surface area (TPSA) is 52.6 Å². The fourth-order valence-corrected chi connectivity index (χ4v) is 4.94. The van der Waals surface area contributed by atoms with Crippen LogP contribution >= 0.6 is 0 Å². The number of rotatable bonds is 4. The van der Waals surface area contributed by atoms with Gasteiger partial charge < -0.3 is 9.47 Å². The van der Waals surface area contributed by atoms with Gasteiger partial charge in [0.05, 0.1) is 11.1 Å². The maximum atomic E-state index is 14.1. The summed E-state index contributed by atoms with van der Waals surface area (Å²) in [6.45, 7) is 12.7. The van der Waals surface area contributed by atoms with Crippen LogP contribution in [0.4, 0.5) is 0 Å². The van der Waals surface area contributed by atoms with Gasteiger partial charge in [-0.15, -0.1) is 0 Å². The largest absolute Gasteiger partial charge is 0.456 e. The minimum atomic E-state index is -0.290. The van der Waals surface area contributed by atoms with Crippen molar-refractivity contribution < 1.29 is 19.1 Å². The van der Waals surface area contributed by atoms with Crippen LogP contribution in [0.5, 0.6) is 23.0 Å². The Bertz CT molecular complexity index is 1450. The van der Waals surface area contributed by atoms with Crippen molar-refractivity contribution in [2.24, 2.45) is 0 Å². The van der Waals surface area contributed by atoms with Crippen molar-refractivity contribution in [2.45, 2.75) is 52.4 Å². The highest BCUT2D eigenvalue weighted by atomic mass is 16.5. The van der Waals surface area contributed by atoms with Gasteiger partial charge >= 0.3 is 0 Å². The maximum Gasteiger partial charge on any atom is 0.202 e. The average Bonchev–Trinajstić information content (AvgIpc) is 2.86. The summed E-state index contributed by atoms with van der Waals surface area (Å²) in [6, 6.07) is 25.9. The van der Waals surface area contributed by atoms with E-state index in [1.165, 1.54) is 0 Å². The standard InChI is InChI=1S/C34H32O4/c1-33(2,3)23-15-7-9-17-25(23)37-27-19-11-13-21-29(27)32(36)30-22(31(21)35)14-12-20-28(30)38-26-18-10-8-16-24(26)34(4,5)6/h7-20H,1-6H3. The van der Waals surface area contributed by atoms with E-state index < -0.39 is 0 Å². The molecule has 192 valence electrons. The fourth-order valence-electron chi connectivity index (χ4n) is 4.94. The van der Waals surface area contributed by atoms with Gasteiger partial charge in [0.25, 0.3) is 0 Å². The summed E-state index contributed by atoms with van der Waals surface area (Å²) in [7, 11) is 0. The highest BCUT2D eigenvalue weighted by molar-refractivity contribution is 6.30. The summed E-state index contributed by atoms with van der Waals surface area (Å²) < 4.78 is 12.8. The summed E-state index contributed by atoms with van der Waals surface area (Å²) in [4.78, 5) is 27.8. The number of fused-ring (bicyclic) bond motifs is 2. The number of ketones is 2. The van der Waals surface area contributed by atoms with Crippen LogP contribution in [0.15, 0.2) is 84.9 Å². The highest BCUT2D eigenvalue weighted by Crippen LogP contribution is 2.42. The fraction of sp³-hybridized carbons (Fsp3) is 0.235. The normalized spacial score (nSPS) is 13.1. The molecule has 1 aliphatic rings. The highest BCUT2D eigenvalue weighted by Gasteiger charge is 2.35. The van der Waals surface area contributed by atoms with E-state index in [1.54, 1.807) is 36.4 Å². The van der Waals surface area contributed by atoms with E-state index in [0.717, 1.165) is 11.1 Å². The lowest BCUT2D eigenvalue weighted by Gasteiger charge is -2.26. The van der Waals surface area contributed by atoms with Gasteiger partial charge in [-0.1, -0.05) is 102 Å². The van der Waals surface area contributed by atoms with E-state index in [0.29, 0.717) is 34.1 Å². The third-order valence-corrected chi connectivity index (χ3v) is 6.83. The molecular formula is C34H32O4. The van der Waals surface area contributed by atoms with Crippen molar-refractivity contribution in [3.63, 3.8) is 0 Å². The Kier molecular flexibility index (Phi) is 6.22. The van der Waals surface area contributed by atoms with Crippen molar-refractivity contribution >= 4 is 11.6 Å². The predicted molar refractivity (Wildman–Crippen MR) is 150 cm³/mol. The van der Waals surface area contributed by atoms with E-state index in [2.05, 4.69) is 41.5 Å². The van der Waals surface area contributed by atoms with Crippen LogP contribution in [0.1, 0.15) is 84.5 Å². The molecule has 0 bridgehead atoms. The molecule has 1 aliphatic carbocycles. The molecule has 0 fully saturated rings. The lowest BCUT2D eigenvalue weighted by atomic mass is 9.83. The molecule has 4 nitrogen and oxygen atoms in total. The smallest absolute Gasteiger partial charge is 0.202 e. The zero-order valence-corrected chi connectivity index (χ0v) is 22.7. The van der Waals surface area contributed by atoms with Gasteiger partial charge in [-0.2, -0.15) is 0 Å². The summed E-state index contributed by atoms with van der Waals surface area (Å²) >= 11 is 0. The molecule has 0 amide bonds. The quantitative estimate of drug-likeness (QED) is 0.246. The van der Waals surface area contributed by atoms with Gasteiger partial charge in [0.15, 0.2) is 5.78 Å².